The Balaban J connectivity index is 1.35. The summed E-state index contributed by atoms with van der Waals surface area (Å²) in [6.07, 6.45) is 10.9. The molecule has 2 saturated carbocycles. The van der Waals surface area contributed by atoms with Gasteiger partial charge in [0, 0.05) is 17.0 Å². The van der Waals surface area contributed by atoms with E-state index in [2.05, 4.69) is 10.7 Å². The zero-order valence-corrected chi connectivity index (χ0v) is 19.8. The number of benzene rings is 2. The first-order valence-electron chi connectivity index (χ1n) is 11.9. The lowest BCUT2D eigenvalue weighted by Crippen LogP contribution is -2.39. The van der Waals surface area contributed by atoms with Crippen LogP contribution in [0.1, 0.15) is 83.1 Å². The van der Waals surface area contributed by atoms with Gasteiger partial charge in [-0.1, -0.05) is 55.7 Å². The molecule has 5 nitrogen and oxygen atoms in total. The minimum absolute atomic E-state index is 0.134. The van der Waals surface area contributed by atoms with E-state index in [0.29, 0.717) is 30.0 Å². The highest BCUT2D eigenvalue weighted by Crippen LogP contribution is 2.43. The maximum absolute atomic E-state index is 13.6. The van der Waals surface area contributed by atoms with Crippen molar-refractivity contribution < 1.29 is 14.7 Å². The molecule has 1 amide bonds. The van der Waals surface area contributed by atoms with E-state index >= 15 is 0 Å². The molecule has 3 aromatic rings. The summed E-state index contributed by atoms with van der Waals surface area (Å²) in [7, 11) is 0. The van der Waals surface area contributed by atoms with E-state index in [1.54, 1.807) is 29.5 Å². The Morgan fingerprint density at radius 3 is 2.56 bits per heavy atom. The summed E-state index contributed by atoms with van der Waals surface area (Å²) in [5, 5.41) is 15.9. The van der Waals surface area contributed by atoms with Gasteiger partial charge in [0.1, 0.15) is 5.01 Å². The standard InChI is InChI=1S/C28H28N2O3S/c31-26(32)22-11-1-2-12-23(22)28(15-3-4-16-28)27(33)29-21-10-5-7-19(17-21)13-14-25-30-24(18-34-25)20-8-6-9-20/h1-2,5,7,10-14,17-18,20H,3-4,6,8-9,15-16H2,(H,29,33)(H,31,32). The summed E-state index contributed by atoms with van der Waals surface area (Å²) in [5.74, 6) is -0.500. The summed E-state index contributed by atoms with van der Waals surface area (Å²) in [5.41, 5.74) is 2.89. The lowest BCUT2D eigenvalue weighted by atomic mass is 9.75. The lowest BCUT2D eigenvalue weighted by Gasteiger charge is -2.29. The van der Waals surface area contributed by atoms with Gasteiger partial charge in [0.15, 0.2) is 0 Å². The van der Waals surface area contributed by atoms with E-state index in [1.165, 1.54) is 25.0 Å². The predicted molar refractivity (Wildman–Crippen MR) is 136 cm³/mol. The molecule has 0 spiro atoms. The maximum Gasteiger partial charge on any atom is 0.335 e. The molecule has 2 aliphatic carbocycles. The Kier molecular flexibility index (Phi) is 6.33. The average Bonchev–Trinajstić information content (AvgIpc) is 3.48. The van der Waals surface area contributed by atoms with Crippen LogP contribution in [0.2, 0.25) is 0 Å². The van der Waals surface area contributed by atoms with Crippen molar-refractivity contribution in [3.8, 4) is 0 Å². The number of carbonyl (C=O) groups is 2. The molecule has 0 aliphatic heterocycles. The van der Waals surface area contributed by atoms with E-state index in [0.717, 1.165) is 23.4 Å². The largest absolute Gasteiger partial charge is 0.478 e. The van der Waals surface area contributed by atoms with Crippen LogP contribution in [-0.4, -0.2) is 22.0 Å². The van der Waals surface area contributed by atoms with Crippen LogP contribution in [0.3, 0.4) is 0 Å². The van der Waals surface area contributed by atoms with E-state index in [9.17, 15) is 14.7 Å². The van der Waals surface area contributed by atoms with Crippen molar-refractivity contribution in [2.24, 2.45) is 0 Å². The predicted octanol–water partition coefficient (Wildman–Crippen LogP) is 6.73. The molecule has 174 valence electrons. The van der Waals surface area contributed by atoms with Crippen molar-refractivity contribution in [3.63, 3.8) is 0 Å². The first-order chi connectivity index (χ1) is 16.5. The highest BCUT2D eigenvalue weighted by atomic mass is 32.1. The number of hydrogen-bond acceptors (Lipinski definition) is 4. The van der Waals surface area contributed by atoms with Crippen molar-refractivity contribution >= 4 is 41.1 Å². The molecule has 2 fully saturated rings. The second kappa shape index (κ2) is 9.55. The first kappa shape index (κ1) is 22.5. The van der Waals surface area contributed by atoms with Crippen LogP contribution in [0.5, 0.6) is 0 Å². The molecule has 34 heavy (non-hydrogen) atoms. The van der Waals surface area contributed by atoms with Crippen LogP contribution in [0.4, 0.5) is 5.69 Å². The van der Waals surface area contributed by atoms with E-state index in [4.69, 9.17) is 4.98 Å². The van der Waals surface area contributed by atoms with Gasteiger partial charge in [-0.2, -0.15) is 0 Å². The van der Waals surface area contributed by atoms with Gasteiger partial charge >= 0.3 is 5.97 Å². The van der Waals surface area contributed by atoms with Gasteiger partial charge in [-0.05, 0) is 61.1 Å². The SMILES string of the molecule is O=C(O)c1ccccc1C1(C(=O)Nc2cccc(C=Cc3nc(C4CCC4)cs3)c2)CCCC1. The third kappa shape index (κ3) is 4.42. The molecule has 0 bridgehead atoms. The summed E-state index contributed by atoms with van der Waals surface area (Å²) in [6.45, 7) is 0. The number of nitrogens with one attached hydrogen (secondary N) is 1. The summed E-state index contributed by atoms with van der Waals surface area (Å²) < 4.78 is 0. The number of nitrogens with zero attached hydrogens (tertiary/aromatic N) is 1. The number of carboxylic acid groups (broad SMARTS) is 1. The topological polar surface area (TPSA) is 79.3 Å². The van der Waals surface area contributed by atoms with Gasteiger partial charge in [0.25, 0.3) is 0 Å². The molecule has 1 heterocycles. The van der Waals surface area contributed by atoms with Gasteiger partial charge in [-0.3, -0.25) is 4.79 Å². The highest BCUT2D eigenvalue weighted by Gasteiger charge is 2.44. The molecule has 2 aromatic carbocycles. The van der Waals surface area contributed by atoms with Crippen molar-refractivity contribution in [2.75, 3.05) is 5.32 Å². The Bertz CT molecular complexity index is 1240. The lowest BCUT2D eigenvalue weighted by molar-refractivity contribution is -0.121. The quantitative estimate of drug-likeness (QED) is 0.400. The second-order valence-corrected chi connectivity index (χ2v) is 10.2. The first-order valence-corrected chi connectivity index (χ1v) is 12.8. The molecule has 2 N–H and O–H groups in total. The summed E-state index contributed by atoms with van der Waals surface area (Å²) >= 11 is 1.66. The summed E-state index contributed by atoms with van der Waals surface area (Å²) in [4.78, 5) is 30.2. The van der Waals surface area contributed by atoms with Crippen molar-refractivity contribution in [3.05, 3.63) is 81.3 Å². The smallest absolute Gasteiger partial charge is 0.335 e. The number of carbonyl (C=O) groups excluding carboxylic acids is 1. The minimum Gasteiger partial charge on any atom is -0.478 e. The minimum atomic E-state index is -0.996. The zero-order chi connectivity index (χ0) is 23.5. The fourth-order valence-corrected chi connectivity index (χ4v) is 5.88. The van der Waals surface area contributed by atoms with Crippen molar-refractivity contribution in [2.45, 2.75) is 56.3 Å². The third-order valence-electron chi connectivity index (χ3n) is 7.19. The van der Waals surface area contributed by atoms with Gasteiger partial charge in [0.2, 0.25) is 5.91 Å². The second-order valence-electron chi connectivity index (χ2n) is 9.29. The van der Waals surface area contributed by atoms with Crippen LogP contribution in [0.15, 0.2) is 53.9 Å². The Hall–Kier alpha value is -3.25. The Morgan fingerprint density at radius 2 is 1.82 bits per heavy atom. The molecule has 2 aliphatic rings. The number of aromatic carboxylic acids is 1. The Labute approximate surface area is 203 Å². The van der Waals surface area contributed by atoms with Gasteiger partial charge < -0.3 is 10.4 Å². The fraction of sp³-hybridized carbons (Fsp3) is 0.321. The van der Waals surface area contributed by atoms with Crippen LogP contribution >= 0.6 is 11.3 Å². The number of hydrogen-bond donors (Lipinski definition) is 2. The Morgan fingerprint density at radius 1 is 1.03 bits per heavy atom. The summed E-state index contributed by atoms with van der Waals surface area (Å²) in [6, 6.07) is 14.6. The van der Waals surface area contributed by atoms with Gasteiger partial charge in [-0.15, -0.1) is 11.3 Å². The van der Waals surface area contributed by atoms with Crippen molar-refractivity contribution in [1.29, 1.82) is 0 Å². The maximum atomic E-state index is 13.6. The van der Waals surface area contributed by atoms with E-state index < -0.39 is 11.4 Å². The molecular formula is C28H28N2O3S. The van der Waals surface area contributed by atoms with Crippen molar-refractivity contribution in [1.82, 2.24) is 4.98 Å². The molecule has 0 unspecified atom stereocenters. The number of aromatic nitrogens is 1. The number of carboxylic acids is 1. The number of rotatable bonds is 7. The third-order valence-corrected chi connectivity index (χ3v) is 8.02. The van der Waals surface area contributed by atoms with Crippen LogP contribution < -0.4 is 5.32 Å². The molecule has 0 atom stereocenters. The monoisotopic (exact) mass is 472 g/mol. The molecular weight excluding hydrogens is 444 g/mol. The van der Waals surface area contributed by atoms with Crippen LogP contribution in [0, 0.1) is 0 Å². The average molecular weight is 473 g/mol. The fourth-order valence-electron chi connectivity index (χ4n) is 5.09. The normalized spacial score (nSPS) is 17.5. The van der Waals surface area contributed by atoms with E-state index in [1.807, 2.05) is 42.5 Å². The van der Waals surface area contributed by atoms with Gasteiger partial charge in [-0.25, -0.2) is 9.78 Å². The number of amides is 1. The number of thiazole rings is 1. The van der Waals surface area contributed by atoms with E-state index in [-0.39, 0.29) is 11.5 Å². The number of anilines is 1. The molecule has 0 radical (unpaired) electrons. The van der Waals surface area contributed by atoms with Gasteiger partial charge in [0.05, 0.1) is 16.7 Å². The van der Waals surface area contributed by atoms with Crippen LogP contribution in [0.25, 0.3) is 12.2 Å². The van der Waals surface area contributed by atoms with Crippen LogP contribution in [-0.2, 0) is 10.2 Å². The molecule has 0 saturated heterocycles. The molecule has 1 aromatic heterocycles. The zero-order valence-electron chi connectivity index (χ0n) is 19.0. The molecule has 6 heteroatoms. The molecule has 5 rings (SSSR count). The highest BCUT2D eigenvalue weighted by molar-refractivity contribution is 7.10.